The smallest absolute Gasteiger partial charge is 0.115 e. The van der Waals surface area contributed by atoms with Crippen LogP contribution in [0.2, 0.25) is 0 Å². The fourth-order valence-corrected chi connectivity index (χ4v) is 3.08. The van der Waals surface area contributed by atoms with Crippen molar-refractivity contribution in [2.75, 3.05) is 0 Å². The van der Waals surface area contributed by atoms with Gasteiger partial charge in [-0.25, -0.2) is 0 Å². The van der Waals surface area contributed by atoms with Gasteiger partial charge in [0.05, 0.1) is 0 Å². The first-order chi connectivity index (χ1) is 7.74. The Kier molecular flexibility index (Phi) is 3.43. The van der Waals surface area contributed by atoms with Crippen LogP contribution in [0.25, 0.3) is 10.4 Å². The summed E-state index contributed by atoms with van der Waals surface area (Å²) >= 11 is 1.80. The summed E-state index contributed by atoms with van der Waals surface area (Å²) in [5.74, 6) is 0.889. The maximum Gasteiger partial charge on any atom is 0.115 e. The normalized spacial score (nSPS) is 21.9. The Morgan fingerprint density at radius 1 is 1.12 bits per heavy atom. The fourth-order valence-electron chi connectivity index (χ4n) is 1.87. The molecule has 2 aromatic rings. The Morgan fingerprint density at radius 2 is 1.76 bits per heavy atom. The molecule has 90 valence electrons. The fraction of sp³-hybridized carbons (Fsp3) is 0.231. The van der Waals surface area contributed by atoms with Gasteiger partial charge < -0.3 is 10.8 Å². The molecule has 1 aromatic carbocycles. The molecule has 4 heteroatoms. The number of aromatic hydroxyl groups is 1. The Morgan fingerprint density at radius 3 is 2.35 bits per heavy atom. The van der Waals surface area contributed by atoms with E-state index in [1.807, 2.05) is 12.1 Å². The van der Waals surface area contributed by atoms with E-state index in [0.29, 0.717) is 17.7 Å². The van der Waals surface area contributed by atoms with Crippen LogP contribution in [0.5, 0.6) is 5.75 Å². The number of thiophene rings is 1. The maximum absolute atomic E-state index is 9.23. The van der Waals surface area contributed by atoms with E-state index in [2.05, 4.69) is 12.1 Å². The number of hydrogen-bond acceptors (Lipinski definition) is 3. The first-order valence-corrected chi connectivity index (χ1v) is 6.20. The number of rotatable bonds is 2. The maximum atomic E-state index is 9.23. The molecule has 17 heavy (non-hydrogen) atoms. The van der Waals surface area contributed by atoms with Gasteiger partial charge in [-0.15, -0.1) is 23.7 Å². The third-order valence-corrected chi connectivity index (χ3v) is 4.25. The lowest BCUT2D eigenvalue weighted by atomic mass is 10.2. The summed E-state index contributed by atoms with van der Waals surface area (Å²) in [6, 6.07) is 12.0. The molecule has 1 aromatic heterocycles. The van der Waals surface area contributed by atoms with Crippen molar-refractivity contribution < 1.29 is 5.11 Å². The molecule has 1 saturated carbocycles. The summed E-state index contributed by atoms with van der Waals surface area (Å²) in [7, 11) is 0. The molecule has 0 amide bonds. The van der Waals surface area contributed by atoms with Crippen molar-refractivity contribution in [1.82, 2.24) is 0 Å². The summed E-state index contributed by atoms with van der Waals surface area (Å²) in [4.78, 5) is 2.63. The van der Waals surface area contributed by atoms with Gasteiger partial charge in [0, 0.05) is 21.7 Å². The SMILES string of the molecule is Cl.N[C@@H]1C[C@H]1c1ccc(-c2ccc(O)cc2)s1. The lowest BCUT2D eigenvalue weighted by Crippen LogP contribution is -1.99. The highest BCUT2D eigenvalue weighted by atomic mass is 35.5. The first kappa shape index (κ1) is 12.4. The minimum absolute atomic E-state index is 0. The predicted octanol–water partition coefficient (Wildman–Crippen LogP) is 3.36. The van der Waals surface area contributed by atoms with Crippen LogP contribution in [-0.2, 0) is 0 Å². The van der Waals surface area contributed by atoms with E-state index in [9.17, 15) is 5.11 Å². The van der Waals surface area contributed by atoms with Crippen LogP contribution >= 0.6 is 23.7 Å². The summed E-state index contributed by atoms with van der Waals surface area (Å²) in [5, 5.41) is 9.23. The van der Waals surface area contributed by atoms with Gasteiger partial charge in [-0.3, -0.25) is 0 Å². The molecule has 1 aliphatic carbocycles. The van der Waals surface area contributed by atoms with Crippen molar-refractivity contribution in [1.29, 1.82) is 0 Å². The van der Waals surface area contributed by atoms with Crippen LogP contribution in [0.4, 0.5) is 0 Å². The number of phenols is 1. The van der Waals surface area contributed by atoms with E-state index in [4.69, 9.17) is 5.73 Å². The molecule has 0 bridgehead atoms. The van der Waals surface area contributed by atoms with Crippen molar-refractivity contribution in [3.8, 4) is 16.2 Å². The highest BCUT2D eigenvalue weighted by Crippen LogP contribution is 2.44. The van der Waals surface area contributed by atoms with Gasteiger partial charge in [0.1, 0.15) is 5.75 Å². The predicted molar refractivity (Wildman–Crippen MR) is 74.0 cm³/mol. The van der Waals surface area contributed by atoms with E-state index in [1.54, 1.807) is 23.5 Å². The van der Waals surface area contributed by atoms with Crippen LogP contribution in [0.3, 0.4) is 0 Å². The zero-order chi connectivity index (χ0) is 11.1. The van der Waals surface area contributed by atoms with Gasteiger partial charge in [-0.1, -0.05) is 0 Å². The molecule has 2 atom stereocenters. The largest absolute Gasteiger partial charge is 0.508 e. The van der Waals surface area contributed by atoms with Crippen LogP contribution in [-0.4, -0.2) is 11.1 Å². The quantitative estimate of drug-likeness (QED) is 0.876. The average Bonchev–Trinajstić information content (AvgIpc) is 2.82. The number of hydrogen-bond donors (Lipinski definition) is 2. The molecule has 0 unspecified atom stereocenters. The van der Waals surface area contributed by atoms with E-state index < -0.39 is 0 Å². The second-order valence-electron chi connectivity index (χ2n) is 4.25. The third kappa shape index (κ3) is 2.46. The number of nitrogens with two attached hydrogens (primary N) is 1. The summed E-state index contributed by atoms with van der Waals surface area (Å²) in [5.41, 5.74) is 7.00. The van der Waals surface area contributed by atoms with E-state index in [0.717, 1.165) is 12.0 Å². The molecule has 0 spiro atoms. The standard InChI is InChI=1S/C13H13NOS.ClH/c14-11-7-10(11)13-6-5-12(16-13)8-1-3-9(15)4-2-8;/h1-6,10-11,15H,7,14H2;1H/t10-,11-;/m1./s1. The van der Waals surface area contributed by atoms with Gasteiger partial charge >= 0.3 is 0 Å². The van der Waals surface area contributed by atoms with Crippen LogP contribution < -0.4 is 5.73 Å². The second-order valence-corrected chi connectivity index (χ2v) is 5.37. The van der Waals surface area contributed by atoms with Crippen molar-refractivity contribution in [2.45, 2.75) is 18.4 Å². The number of phenolic OH excluding ortho intramolecular Hbond substituents is 1. The van der Waals surface area contributed by atoms with Crippen LogP contribution in [0.1, 0.15) is 17.2 Å². The zero-order valence-electron chi connectivity index (χ0n) is 9.17. The zero-order valence-corrected chi connectivity index (χ0v) is 10.8. The van der Waals surface area contributed by atoms with E-state index in [1.165, 1.54) is 9.75 Å². The molecular formula is C13H14ClNOS. The van der Waals surface area contributed by atoms with E-state index >= 15 is 0 Å². The topological polar surface area (TPSA) is 46.2 Å². The highest BCUT2D eigenvalue weighted by Gasteiger charge is 2.35. The molecule has 0 aliphatic heterocycles. The lowest BCUT2D eigenvalue weighted by molar-refractivity contribution is 0.475. The molecule has 3 N–H and O–H groups in total. The van der Waals surface area contributed by atoms with Gasteiger partial charge in [0.15, 0.2) is 0 Å². The second kappa shape index (κ2) is 4.69. The molecule has 0 saturated heterocycles. The third-order valence-electron chi connectivity index (χ3n) is 2.98. The molecule has 0 radical (unpaired) electrons. The van der Waals surface area contributed by atoms with Crippen molar-refractivity contribution in [3.05, 3.63) is 41.3 Å². The summed E-state index contributed by atoms with van der Waals surface area (Å²) in [6.45, 7) is 0. The van der Waals surface area contributed by atoms with Crippen LogP contribution in [0.15, 0.2) is 36.4 Å². The molecule has 1 heterocycles. The summed E-state index contributed by atoms with van der Waals surface area (Å²) in [6.07, 6.45) is 1.12. The van der Waals surface area contributed by atoms with Gasteiger partial charge in [0.25, 0.3) is 0 Å². The minimum Gasteiger partial charge on any atom is -0.508 e. The Labute approximate surface area is 111 Å². The molecular weight excluding hydrogens is 254 g/mol. The Hall–Kier alpha value is -1.03. The summed E-state index contributed by atoms with van der Waals surface area (Å²) < 4.78 is 0. The minimum atomic E-state index is 0. The van der Waals surface area contributed by atoms with Crippen molar-refractivity contribution >= 4 is 23.7 Å². The average molecular weight is 268 g/mol. The van der Waals surface area contributed by atoms with Gasteiger partial charge in [0.2, 0.25) is 0 Å². The highest BCUT2D eigenvalue weighted by molar-refractivity contribution is 7.15. The number of benzene rings is 1. The molecule has 1 fully saturated rings. The molecule has 1 aliphatic rings. The molecule has 2 nitrogen and oxygen atoms in total. The lowest BCUT2D eigenvalue weighted by Gasteiger charge is -1.97. The number of halogens is 1. The Balaban J connectivity index is 0.00000108. The monoisotopic (exact) mass is 267 g/mol. The van der Waals surface area contributed by atoms with E-state index in [-0.39, 0.29) is 12.4 Å². The van der Waals surface area contributed by atoms with Crippen LogP contribution in [0, 0.1) is 0 Å². The van der Waals surface area contributed by atoms with Crippen molar-refractivity contribution in [2.24, 2.45) is 5.73 Å². The Bertz CT molecular complexity index is 508. The van der Waals surface area contributed by atoms with Gasteiger partial charge in [-0.2, -0.15) is 0 Å². The van der Waals surface area contributed by atoms with Crippen molar-refractivity contribution in [3.63, 3.8) is 0 Å². The first-order valence-electron chi connectivity index (χ1n) is 5.39. The molecule has 3 rings (SSSR count). The van der Waals surface area contributed by atoms with Gasteiger partial charge in [-0.05, 0) is 48.4 Å².